The largest absolute Gasteiger partial charge is 0.462 e. The third kappa shape index (κ3) is 30.4. The van der Waals surface area contributed by atoms with Crippen LogP contribution in [-0.4, -0.2) is 89.0 Å². The minimum atomic E-state index is -1.59. The molecule has 0 aliphatic carbocycles. The van der Waals surface area contributed by atoms with Gasteiger partial charge in [0, 0.05) is 12.8 Å². The van der Waals surface area contributed by atoms with Gasteiger partial charge in [0.2, 0.25) is 0 Å². The highest BCUT2D eigenvalue weighted by Gasteiger charge is 2.44. The molecule has 1 rings (SSSR count). The molecule has 0 bridgehead atoms. The number of unbranched alkanes of at least 4 members (excludes halogenated alkanes) is 30. The van der Waals surface area contributed by atoms with E-state index >= 15 is 0 Å². The fourth-order valence-electron chi connectivity index (χ4n) is 7.66. The van der Waals surface area contributed by atoms with Gasteiger partial charge in [0.05, 0.1) is 13.2 Å². The lowest BCUT2D eigenvalue weighted by Gasteiger charge is -2.39. The Kier molecular flexibility index (Phi) is 36.6. The maximum atomic E-state index is 12.8. The molecule has 1 aliphatic heterocycles. The number of aliphatic hydroxyl groups is 4. The molecule has 1 aliphatic rings. The van der Waals surface area contributed by atoms with Crippen LogP contribution in [0.4, 0.5) is 0 Å². The van der Waals surface area contributed by atoms with E-state index in [9.17, 15) is 30.0 Å². The van der Waals surface area contributed by atoms with Crippen LogP contribution in [0.3, 0.4) is 0 Å². The molecule has 1 heterocycles. The van der Waals surface area contributed by atoms with Crippen molar-refractivity contribution in [3.8, 4) is 0 Å². The molecular formula is C47H90O10. The Morgan fingerprint density at radius 3 is 1.19 bits per heavy atom. The highest BCUT2D eigenvalue weighted by atomic mass is 16.7. The lowest BCUT2D eigenvalue weighted by atomic mass is 9.99. The predicted molar refractivity (Wildman–Crippen MR) is 229 cm³/mol. The molecule has 4 N–H and O–H groups in total. The first kappa shape index (κ1) is 53.7. The van der Waals surface area contributed by atoms with E-state index in [0.29, 0.717) is 6.42 Å². The van der Waals surface area contributed by atoms with Crippen molar-refractivity contribution in [1.82, 2.24) is 0 Å². The van der Waals surface area contributed by atoms with Crippen LogP contribution in [-0.2, 0) is 28.5 Å². The quantitative estimate of drug-likeness (QED) is 0.0347. The summed E-state index contributed by atoms with van der Waals surface area (Å²) in [5, 5.41) is 40.1. The van der Waals surface area contributed by atoms with Gasteiger partial charge in [0.1, 0.15) is 31.0 Å². The van der Waals surface area contributed by atoms with Crippen molar-refractivity contribution in [3.63, 3.8) is 0 Å². The van der Waals surface area contributed by atoms with Crippen LogP contribution in [0, 0.1) is 0 Å². The Balaban J connectivity index is 2.26. The number of carbonyl (C=O) groups excluding carboxylic acids is 2. The lowest BCUT2D eigenvalue weighted by Crippen LogP contribution is -2.59. The molecule has 10 nitrogen and oxygen atoms in total. The number of ether oxygens (including phenoxy) is 4. The molecule has 0 radical (unpaired) electrons. The van der Waals surface area contributed by atoms with Gasteiger partial charge in [-0.2, -0.15) is 0 Å². The number of carbonyl (C=O) groups is 2. The summed E-state index contributed by atoms with van der Waals surface area (Å²) in [4.78, 5) is 25.4. The van der Waals surface area contributed by atoms with E-state index in [4.69, 9.17) is 18.9 Å². The topological polar surface area (TPSA) is 152 Å². The van der Waals surface area contributed by atoms with Crippen molar-refractivity contribution >= 4 is 11.9 Å². The highest BCUT2D eigenvalue weighted by molar-refractivity contribution is 5.70. The van der Waals surface area contributed by atoms with Crippen LogP contribution >= 0.6 is 0 Å². The second-order valence-electron chi connectivity index (χ2n) is 16.9. The molecule has 0 spiro atoms. The summed E-state index contributed by atoms with van der Waals surface area (Å²) in [5.41, 5.74) is 0. The van der Waals surface area contributed by atoms with E-state index in [0.717, 1.165) is 38.5 Å². The number of hydrogen-bond acceptors (Lipinski definition) is 10. The Labute approximate surface area is 348 Å². The summed E-state index contributed by atoms with van der Waals surface area (Å²) in [6.07, 6.45) is 32.5. The maximum absolute atomic E-state index is 12.8. The molecule has 10 heteroatoms. The second-order valence-corrected chi connectivity index (χ2v) is 16.9. The Morgan fingerprint density at radius 1 is 0.474 bits per heavy atom. The van der Waals surface area contributed by atoms with Gasteiger partial charge < -0.3 is 39.4 Å². The van der Waals surface area contributed by atoms with E-state index in [1.54, 1.807) is 0 Å². The molecule has 0 aromatic heterocycles. The van der Waals surface area contributed by atoms with E-state index in [1.165, 1.54) is 161 Å². The maximum Gasteiger partial charge on any atom is 0.306 e. The second kappa shape index (κ2) is 38.9. The Hall–Kier alpha value is -1.30. The fraction of sp³-hybridized carbons (Fsp3) is 0.957. The molecule has 0 saturated carbocycles. The molecule has 1 saturated heterocycles. The fourth-order valence-corrected chi connectivity index (χ4v) is 7.66. The summed E-state index contributed by atoms with van der Waals surface area (Å²) in [7, 11) is 0. The first-order chi connectivity index (χ1) is 27.8. The van der Waals surface area contributed by atoms with E-state index in [2.05, 4.69) is 13.8 Å². The predicted octanol–water partition coefficient (Wildman–Crippen LogP) is 10.6. The molecule has 0 aromatic rings. The number of aliphatic hydroxyl groups excluding tert-OH is 4. The SMILES string of the molecule is CCCCCCCCCCCCCCCCCCCCCC(=O)O[C@H](COC(=O)CCCCCCCCCCCCCCC)CO[C@@H]1O[C@H](CO)[C@H](O)C(O)C1O. The molecule has 0 aromatic carbocycles. The zero-order valence-electron chi connectivity index (χ0n) is 36.9. The van der Waals surface area contributed by atoms with Crippen molar-refractivity contribution in [3.05, 3.63) is 0 Å². The third-order valence-corrected chi connectivity index (χ3v) is 11.5. The number of esters is 2. The van der Waals surface area contributed by atoms with Crippen LogP contribution in [0.5, 0.6) is 0 Å². The van der Waals surface area contributed by atoms with Crippen molar-refractivity contribution in [2.24, 2.45) is 0 Å². The van der Waals surface area contributed by atoms with Crippen LogP contribution in [0.1, 0.15) is 232 Å². The molecule has 1 fully saturated rings. The van der Waals surface area contributed by atoms with Crippen LogP contribution in [0.2, 0.25) is 0 Å². The summed E-state index contributed by atoms with van der Waals surface area (Å²) in [6, 6.07) is 0. The summed E-state index contributed by atoms with van der Waals surface area (Å²) >= 11 is 0. The highest BCUT2D eigenvalue weighted by Crippen LogP contribution is 2.23. The Bertz CT molecular complexity index is 901. The van der Waals surface area contributed by atoms with Gasteiger partial charge in [-0.15, -0.1) is 0 Å². The summed E-state index contributed by atoms with van der Waals surface area (Å²) in [6.45, 7) is 3.46. The van der Waals surface area contributed by atoms with Gasteiger partial charge in [-0.25, -0.2) is 0 Å². The van der Waals surface area contributed by atoms with E-state index < -0.39 is 49.4 Å². The molecular weight excluding hydrogens is 725 g/mol. The van der Waals surface area contributed by atoms with E-state index in [-0.39, 0.29) is 32.0 Å². The summed E-state index contributed by atoms with van der Waals surface area (Å²) in [5.74, 6) is -0.789. The van der Waals surface area contributed by atoms with Gasteiger partial charge in [-0.1, -0.05) is 206 Å². The molecule has 57 heavy (non-hydrogen) atoms. The average molecular weight is 815 g/mol. The average Bonchev–Trinajstić information content (AvgIpc) is 3.21. The van der Waals surface area contributed by atoms with Crippen molar-refractivity contribution < 1.29 is 49.0 Å². The van der Waals surface area contributed by atoms with Crippen LogP contribution < -0.4 is 0 Å². The van der Waals surface area contributed by atoms with Gasteiger partial charge in [-0.05, 0) is 12.8 Å². The van der Waals surface area contributed by atoms with Crippen molar-refractivity contribution in [2.75, 3.05) is 19.8 Å². The molecule has 0 amide bonds. The normalized spacial score (nSPS) is 20.1. The van der Waals surface area contributed by atoms with Gasteiger partial charge in [0.25, 0.3) is 0 Å². The first-order valence-electron chi connectivity index (χ1n) is 24.1. The molecule has 6 atom stereocenters. The van der Waals surface area contributed by atoms with Gasteiger partial charge in [0.15, 0.2) is 12.4 Å². The van der Waals surface area contributed by atoms with Crippen LogP contribution in [0.25, 0.3) is 0 Å². The number of hydrogen-bond donors (Lipinski definition) is 4. The third-order valence-electron chi connectivity index (χ3n) is 11.5. The number of rotatable bonds is 41. The van der Waals surface area contributed by atoms with Crippen molar-refractivity contribution in [1.29, 1.82) is 0 Å². The molecule has 338 valence electrons. The first-order valence-corrected chi connectivity index (χ1v) is 24.1. The van der Waals surface area contributed by atoms with Crippen molar-refractivity contribution in [2.45, 2.75) is 269 Å². The molecule has 2 unspecified atom stereocenters. The zero-order valence-corrected chi connectivity index (χ0v) is 36.9. The minimum Gasteiger partial charge on any atom is -0.462 e. The van der Waals surface area contributed by atoms with Gasteiger partial charge >= 0.3 is 11.9 Å². The standard InChI is InChI=1S/C47H90O10/c1-3-5-7-9-11-13-15-17-18-19-20-21-22-24-26-28-30-32-34-36-43(50)56-40(39-55-47-46(53)45(52)44(51)41(37-48)57-47)38-54-42(49)35-33-31-29-27-25-23-16-14-12-10-8-6-4-2/h40-41,44-48,51-53H,3-39H2,1-2H3/t40-,41-,44+,45?,46?,47-/m1/s1. The minimum absolute atomic E-state index is 0.209. The zero-order chi connectivity index (χ0) is 41.6. The van der Waals surface area contributed by atoms with Gasteiger partial charge in [-0.3, -0.25) is 9.59 Å². The summed E-state index contributed by atoms with van der Waals surface area (Å²) < 4.78 is 22.2. The monoisotopic (exact) mass is 815 g/mol. The van der Waals surface area contributed by atoms with Crippen LogP contribution in [0.15, 0.2) is 0 Å². The van der Waals surface area contributed by atoms with E-state index in [1.807, 2.05) is 0 Å². The Morgan fingerprint density at radius 2 is 0.825 bits per heavy atom. The smallest absolute Gasteiger partial charge is 0.306 e. The lowest BCUT2D eigenvalue weighted by molar-refractivity contribution is -0.305.